The number of nitrogen functional groups attached to an aromatic ring is 1. The first-order valence-corrected chi connectivity index (χ1v) is 6.55. The maximum Gasteiger partial charge on any atom is 0.0424 e. The van der Waals surface area contributed by atoms with Gasteiger partial charge in [-0.05, 0) is 43.9 Å². The quantitative estimate of drug-likeness (QED) is 0.793. The highest BCUT2D eigenvalue weighted by Gasteiger charge is 2.25. The summed E-state index contributed by atoms with van der Waals surface area (Å²) in [5.74, 6) is 0.853. The van der Waals surface area contributed by atoms with Gasteiger partial charge in [0, 0.05) is 40.1 Å². The van der Waals surface area contributed by atoms with Crippen molar-refractivity contribution in [3.05, 3.63) is 30.1 Å². The van der Waals surface area contributed by atoms with Crippen LogP contribution in [0.1, 0.15) is 25.5 Å². The largest absolute Gasteiger partial charge is 0.398 e. The Kier molecular flexibility index (Phi) is 2.62. The maximum absolute atomic E-state index is 6.01. The Morgan fingerprint density at radius 3 is 2.78 bits per heavy atom. The first kappa shape index (κ1) is 11.3. The highest BCUT2D eigenvalue weighted by atomic mass is 14.9. The number of hydrogen-bond donors (Lipinski definition) is 2. The van der Waals surface area contributed by atoms with Crippen molar-refractivity contribution >= 4 is 22.1 Å². The van der Waals surface area contributed by atoms with E-state index < -0.39 is 0 Å². The maximum atomic E-state index is 6.01. The predicted molar refractivity (Wildman–Crippen MR) is 76.7 cm³/mol. The summed E-state index contributed by atoms with van der Waals surface area (Å²) in [6.45, 7) is 4.31. The van der Waals surface area contributed by atoms with Gasteiger partial charge < -0.3 is 11.1 Å². The zero-order chi connectivity index (χ0) is 12.7. The molecule has 0 saturated heterocycles. The van der Waals surface area contributed by atoms with Crippen LogP contribution in [0.4, 0.5) is 11.4 Å². The lowest BCUT2D eigenvalue weighted by Crippen LogP contribution is -2.33. The van der Waals surface area contributed by atoms with Crippen molar-refractivity contribution < 1.29 is 0 Å². The van der Waals surface area contributed by atoms with Gasteiger partial charge in [0.25, 0.3) is 0 Å². The van der Waals surface area contributed by atoms with Gasteiger partial charge in [-0.2, -0.15) is 0 Å². The van der Waals surface area contributed by atoms with Gasteiger partial charge in [0.2, 0.25) is 0 Å². The number of pyridine rings is 1. The van der Waals surface area contributed by atoms with Crippen LogP contribution in [0.2, 0.25) is 0 Å². The summed E-state index contributed by atoms with van der Waals surface area (Å²) in [6, 6.07) is 6.76. The van der Waals surface area contributed by atoms with Crippen molar-refractivity contribution in [3.8, 4) is 0 Å². The minimum absolute atomic E-state index is 0.611. The van der Waals surface area contributed by atoms with Crippen LogP contribution in [0.5, 0.6) is 0 Å². The van der Waals surface area contributed by atoms with Gasteiger partial charge in [-0.15, -0.1) is 0 Å². The molecule has 0 bridgehead atoms. The van der Waals surface area contributed by atoms with E-state index in [1.54, 1.807) is 0 Å². The second-order valence-electron chi connectivity index (χ2n) is 5.49. The molecule has 2 aromatic rings. The first-order chi connectivity index (χ1) is 8.63. The topological polar surface area (TPSA) is 50.9 Å². The number of anilines is 2. The Hall–Kier alpha value is -1.77. The molecule has 0 spiro atoms. The third-order valence-corrected chi connectivity index (χ3v) is 3.80. The Morgan fingerprint density at radius 2 is 2.06 bits per heavy atom. The molecule has 1 aliphatic carbocycles. The van der Waals surface area contributed by atoms with E-state index in [1.807, 2.05) is 19.2 Å². The van der Waals surface area contributed by atoms with E-state index in [0.717, 1.165) is 22.7 Å². The second-order valence-corrected chi connectivity index (χ2v) is 5.49. The summed E-state index contributed by atoms with van der Waals surface area (Å²) < 4.78 is 0. The zero-order valence-electron chi connectivity index (χ0n) is 10.9. The number of fused-ring (bicyclic) bond motifs is 1. The van der Waals surface area contributed by atoms with Crippen LogP contribution in [-0.4, -0.2) is 11.0 Å². The van der Waals surface area contributed by atoms with E-state index in [4.69, 9.17) is 5.73 Å². The standard InChI is InChI=1S/C15H19N3/c1-9-5-11(6-9)18-15-4-3-14(16)13-8-17-10(2)7-12(13)15/h3-4,7-9,11,18H,5-6,16H2,1-2H3. The number of nitrogens with one attached hydrogen (secondary N) is 1. The molecule has 3 heteroatoms. The van der Waals surface area contributed by atoms with Crippen LogP contribution in [0.3, 0.4) is 0 Å². The Balaban J connectivity index is 2.00. The van der Waals surface area contributed by atoms with E-state index >= 15 is 0 Å². The van der Waals surface area contributed by atoms with Crippen molar-refractivity contribution in [2.45, 2.75) is 32.7 Å². The van der Waals surface area contributed by atoms with Gasteiger partial charge in [-0.1, -0.05) is 6.92 Å². The Bertz CT molecular complexity index is 586. The molecule has 1 aromatic carbocycles. The number of nitrogens with two attached hydrogens (primary N) is 1. The second kappa shape index (κ2) is 4.16. The number of nitrogens with zero attached hydrogens (tertiary/aromatic N) is 1. The van der Waals surface area contributed by atoms with E-state index in [-0.39, 0.29) is 0 Å². The summed E-state index contributed by atoms with van der Waals surface area (Å²) in [5.41, 5.74) is 9.01. The SMILES string of the molecule is Cc1cc2c(NC3CC(C)C3)ccc(N)c2cn1. The smallest absolute Gasteiger partial charge is 0.0424 e. The van der Waals surface area contributed by atoms with Crippen molar-refractivity contribution in [3.63, 3.8) is 0 Å². The van der Waals surface area contributed by atoms with Crippen molar-refractivity contribution in [2.75, 3.05) is 11.1 Å². The van der Waals surface area contributed by atoms with Crippen molar-refractivity contribution in [2.24, 2.45) is 5.92 Å². The van der Waals surface area contributed by atoms with Gasteiger partial charge in [0.15, 0.2) is 0 Å². The molecule has 3 rings (SSSR count). The van der Waals surface area contributed by atoms with Gasteiger partial charge in [-0.3, -0.25) is 4.98 Å². The third-order valence-electron chi connectivity index (χ3n) is 3.80. The van der Waals surface area contributed by atoms with Crippen molar-refractivity contribution in [1.82, 2.24) is 4.98 Å². The summed E-state index contributed by atoms with van der Waals surface area (Å²) in [7, 11) is 0. The molecule has 0 atom stereocenters. The normalized spacial score (nSPS) is 22.8. The molecule has 18 heavy (non-hydrogen) atoms. The van der Waals surface area contributed by atoms with Crippen LogP contribution >= 0.6 is 0 Å². The summed E-state index contributed by atoms with van der Waals surface area (Å²) >= 11 is 0. The fraction of sp³-hybridized carbons (Fsp3) is 0.400. The molecule has 0 amide bonds. The highest BCUT2D eigenvalue weighted by molar-refractivity contribution is 6.00. The van der Waals surface area contributed by atoms with Crippen LogP contribution in [0, 0.1) is 12.8 Å². The van der Waals surface area contributed by atoms with E-state index in [9.17, 15) is 0 Å². The molecule has 1 heterocycles. The van der Waals surface area contributed by atoms with E-state index in [0.29, 0.717) is 6.04 Å². The molecule has 94 valence electrons. The molecule has 0 radical (unpaired) electrons. The number of hydrogen-bond acceptors (Lipinski definition) is 3. The summed E-state index contributed by atoms with van der Waals surface area (Å²) in [6.07, 6.45) is 4.39. The van der Waals surface area contributed by atoms with Gasteiger partial charge in [-0.25, -0.2) is 0 Å². The number of aromatic nitrogens is 1. The first-order valence-electron chi connectivity index (χ1n) is 6.55. The van der Waals surface area contributed by atoms with Crippen LogP contribution in [0.15, 0.2) is 24.4 Å². The van der Waals surface area contributed by atoms with Crippen molar-refractivity contribution in [1.29, 1.82) is 0 Å². The lowest BCUT2D eigenvalue weighted by molar-refractivity contribution is 0.309. The van der Waals surface area contributed by atoms with Gasteiger partial charge >= 0.3 is 0 Å². The number of benzene rings is 1. The average molecular weight is 241 g/mol. The molecule has 1 saturated carbocycles. The molecule has 3 nitrogen and oxygen atoms in total. The Morgan fingerprint density at radius 1 is 1.28 bits per heavy atom. The predicted octanol–water partition coefficient (Wildman–Crippen LogP) is 3.34. The molecule has 0 aliphatic heterocycles. The monoisotopic (exact) mass is 241 g/mol. The summed E-state index contributed by atoms with van der Waals surface area (Å²) in [5, 5.41) is 5.85. The van der Waals surface area contributed by atoms with Crippen LogP contribution < -0.4 is 11.1 Å². The molecular formula is C15H19N3. The van der Waals surface area contributed by atoms with Gasteiger partial charge in [0.1, 0.15) is 0 Å². The molecule has 1 aromatic heterocycles. The van der Waals surface area contributed by atoms with Crippen LogP contribution in [0.25, 0.3) is 10.8 Å². The highest BCUT2D eigenvalue weighted by Crippen LogP contribution is 2.33. The molecule has 3 N–H and O–H groups in total. The molecule has 1 fully saturated rings. The van der Waals surface area contributed by atoms with Crippen LogP contribution in [-0.2, 0) is 0 Å². The molecule has 1 aliphatic rings. The number of rotatable bonds is 2. The zero-order valence-corrected chi connectivity index (χ0v) is 10.9. The fourth-order valence-corrected chi connectivity index (χ4v) is 2.73. The molecule has 0 unspecified atom stereocenters. The Labute approximate surface area is 107 Å². The lowest BCUT2D eigenvalue weighted by Gasteiger charge is -2.34. The lowest BCUT2D eigenvalue weighted by atomic mass is 9.81. The van der Waals surface area contributed by atoms with E-state index in [1.165, 1.54) is 23.9 Å². The molecular weight excluding hydrogens is 222 g/mol. The summed E-state index contributed by atoms with van der Waals surface area (Å²) in [4.78, 5) is 4.33. The minimum atomic E-state index is 0.611. The minimum Gasteiger partial charge on any atom is -0.398 e. The van der Waals surface area contributed by atoms with E-state index in [2.05, 4.69) is 29.4 Å². The fourth-order valence-electron chi connectivity index (χ4n) is 2.73. The van der Waals surface area contributed by atoms with Gasteiger partial charge in [0.05, 0.1) is 0 Å². The third kappa shape index (κ3) is 1.90. The average Bonchev–Trinajstić information content (AvgIpc) is 2.30. The number of aryl methyl sites for hydroxylation is 1.